The first kappa shape index (κ1) is 12.9. The maximum atomic E-state index is 11.8. The van der Waals surface area contributed by atoms with E-state index in [-0.39, 0.29) is 6.04 Å². The van der Waals surface area contributed by atoms with Gasteiger partial charge in [-0.05, 0) is 26.8 Å². The van der Waals surface area contributed by atoms with Crippen LogP contribution >= 0.6 is 0 Å². The average molecular weight is 236 g/mol. The largest absolute Gasteiger partial charge is 0.381 e. The van der Waals surface area contributed by atoms with Crippen molar-refractivity contribution in [1.29, 1.82) is 0 Å². The molecular weight excluding hydrogens is 216 g/mol. The zero-order chi connectivity index (χ0) is 11.3. The van der Waals surface area contributed by atoms with E-state index in [0.717, 1.165) is 12.8 Å². The second kappa shape index (κ2) is 5.79. The summed E-state index contributed by atoms with van der Waals surface area (Å²) in [5.41, 5.74) is 0. The first-order valence-electron chi connectivity index (χ1n) is 5.29. The smallest absolute Gasteiger partial charge is 0.215 e. The molecule has 1 rings (SSSR count). The lowest BCUT2D eigenvalue weighted by Gasteiger charge is -2.24. The molecule has 1 aliphatic heterocycles. The molecule has 0 radical (unpaired) electrons. The van der Waals surface area contributed by atoms with Crippen LogP contribution in [-0.4, -0.2) is 46.5 Å². The summed E-state index contributed by atoms with van der Waals surface area (Å²) in [6.45, 7) is 3.47. The summed E-state index contributed by atoms with van der Waals surface area (Å²) in [4.78, 5) is 0. The van der Waals surface area contributed by atoms with Gasteiger partial charge in [0.25, 0.3) is 0 Å². The van der Waals surface area contributed by atoms with Crippen LogP contribution in [0.4, 0.5) is 0 Å². The second-order valence-electron chi connectivity index (χ2n) is 3.92. The van der Waals surface area contributed by atoms with Gasteiger partial charge in [0.05, 0.1) is 5.25 Å². The van der Waals surface area contributed by atoms with Gasteiger partial charge >= 0.3 is 0 Å². The molecule has 0 bridgehead atoms. The molecule has 2 N–H and O–H groups in total. The van der Waals surface area contributed by atoms with Crippen molar-refractivity contribution in [2.24, 2.45) is 0 Å². The zero-order valence-corrected chi connectivity index (χ0v) is 10.1. The number of hydrogen-bond acceptors (Lipinski definition) is 4. The highest BCUT2D eigenvalue weighted by molar-refractivity contribution is 7.90. The molecule has 1 fully saturated rings. The van der Waals surface area contributed by atoms with Crippen molar-refractivity contribution in [2.75, 3.05) is 26.8 Å². The van der Waals surface area contributed by atoms with Gasteiger partial charge in [-0.2, -0.15) is 0 Å². The summed E-state index contributed by atoms with van der Waals surface area (Å²) >= 11 is 0. The van der Waals surface area contributed by atoms with Gasteiger partial charge in [0.1, 0.15) is 0 Å². The molecule has 15 heavy (non-hydrogen) atoms. The zero-order valence-electron chi connectivity index (χ0n) is 9.32. The average Bonchev–Trinajstić information content (AvgIpc) is 2.19. The number of nitrogens with one attached hydrogen (secondary N) is 2. The van der Waals surface area contributed by atoms with E-state index < -0.39 is 15.3 Å². The predicted octanol–water partition coefficient (Wildman–Crippen LogP) is -0.307. The van der Waals surface area contributed by atoms with Crippen molar-refractivity contribution >= 4 is 10.0 Å². The van der Waals surface area contributed by atoms with Gasteiger partial charge in [-0.15, -0.1) is 0 Å². The molecule has 0 aromatic rings. The Morgan fingerprint density at radius 1 is 1.40 bits per heavy atom. The van der Waals surface area contributed by atoms with Crippen LogP contribution < -0.4 is 10.0 Å². The van der Waals surface area contributed by atoms with Crippen molar-refractivity contribution in [3.8, 4) is 0 Å². The van der Waals surface area contributed by atoms with Crippen LogP contribution in [0.15, 0.2) is 0 Å². The Morgan fingerprint density at radius 2 is 2.00 bits per heavy atom. The molecule has 0 aromatic carbocycles. The molecule has 6 heteroatoms. The molecular formula is C9H20N2O3S. The molecule has 90 valence electrons. The molecule has 0 aromatic heterocycles. The first-order valence-corrected chi connectivity index (χ1v) is 6.84. The molecule has 1 atom stereocenters. The molecule has 0 aliphatic carbocycles. The van der Waals surface area contributed by atoms with Crippen LogP contribution in [0.25, 0.3) is 0 Å². The number of rotatable bonds is 5. The summed E-state index contributed by atoms with van der Waals surface area (Å²) in [7, 11) is -1.44. The Kier molecular flexibility index (Phi) is 4.98. The van der Waals surface area contributed by atoms with E-state index in [1.807, 2.05) is 0 Å². The molecule has 0 saturated carbocycles. The van der Waals surface area contributed by atoms with Gasteiger partial charge in [0.2, 0.25) is 10.0 Å². The van der Waals surface area contributed by atoms with Crippen LogP contribution in [-0.2, 0) is 14.8 Å². The lowest BCUT2D eigenvalue weighted by Crippen LogP contribution is -2.45. The lowest BCUT2D eigenvalue weighted by atomic mass is 10.1. The van der Waals surface area contributed by atoms with Crippen molar-refractivity contribution in [2.45, 2.75) is 31.1 Å². The summed E-state index contributed by atoms with van der Waals surface area (Å²) in [6.07, 6.45) is 1.54. The topological polar surface area (TPSA) is 67.4 Å². The fraction of sp³-hybridized carbons (Fsp3) is 1.00. The SMILES string of the molecule is CNCC(C)S(=O)(=O)NC1CCOCC1. The molecule has 0 amide bonds. The Balaban J connectivity index is 2.47. The van der Waals surface area contributed by atoms with Crippen LogP contribution in [0, 0.1) is 0 Å². The van der Waals surface area contributed by atoms with E-state index in [9.17, 15) is 8.42 Å². The van der Waals surface area contributed by atoms with Gasteiger partial charge in [-0.3, -0.25) is 0 Å². The van der Waals surface area contributed by atoms with Crippen LogP contribution in [0.1, 0.15) is 19.8 Å². The summed E-state index contributed by atoms with van der Waals surface area (Å²) < 4.78 is 31.5. The Bertz CT molecular complexity index is 273. The lowest BCUT2D eigenvalue weighted by molar-refractivity contribution is 0.0831. The maximum absolute atomic E-state index is 11.8. The number of hydrogen-bond donors (Lipinski definition) is 2. The van der Waals surface area contributed by atoms with Crippen LogP contribution in [0.3, 0.4) is 0 Å². The minimum atomic E-state index is -3.19. The predicted molar refractivity (Wildman–Crippen MR) is 59.3 cm³/mol. The van der Waals surface area contributed by atoms with E-state index in [1.54, 1.807) is 14.0 Å². The van der Waals surface area contributed by atoms with E-state index in [2.05, 4.69) is 10.0 Å². The maximum Gasteiger partial charge on any atom is 0.215 e. The minimum Gasteiger partial charge on any atom is -0.381 e. The molecule has 0 spiro atoms. The van der Waals surface area contributed by atoms with Crippen molar-refractivity contribution in [3.05, 3.63) is 0 Å². The van der Waals surface area contributed by atoms with Gasteiger partial charge in [0.15, 0.2) is 0 Å². The van der Waals surface area contributed by atoms with Gasteiger partial charge in [0, 0.05) is 25.8 Å². The highest BCUT2D eigenvalue weighted by Gasteiger charge is 2.24. The molecule has 5 nitrogen and oxygen atoms in total. The van der Waals surface area contributed by atoms with Gasteiger partial charge in [-0.1, -0.05) is 0 Å². The van der Waals surface area contributed by atoms with E-state index in [4.69, 9.17) is 4.74 Å². The third-order valence-electron chi connectivity index (χ3n) is 2.57. The monoisotopic (exact) mass is 236 g/mol. The molecule has 1 unspecified atom stereocenters. The first-order chi connectivity index (χ1) is 7.06. The number of ether oxygens (including phenoxy) is 1. The van der Waals surface area contributed by atoms with Crippen molar-refractivity contribution < 1.29 is 13.2 Å². The van der Waals surface area contributed by atoms with E-state index >= 15 is 0 Å². The standard InChI is InChI=1S/C9H20N2O3S/c1-8(7-10-2)15(12,13)11-9-3-5-14-6-4-9/h8-11H,3-7H2,1-2H3. The highest BCUT2D eigenvalue weighted by atomic mass is 32.2. The van der Waals surface area contributed by atoms with Gasteiger partial charge < -0.3 is 10.1 Å². The van der Waals surface area contributed by atoms with Crippen molar-refractivity contribution in [1.82, 2.24) is 10.0 Å². The highest BCUT2D eigenvalue weighted by Crippen LogP contribution is 2.09. The van der Waals surface area contributed by atoms with Crippen molar-refractivity contribution in [3.63, 3.8) is 0 Å². The molecule has 1 saturated heterocycles. The molecule has 1 aliphatic rings. The van der Waals surface area contributed by atoms with E-state index in [1.165, 1.54) is 0 Å². The second-order valence-corrected chi connectivity index (χ2v) is 6.05. The van der Waals surface area contributed by atoms with E-state index in [0.29, 0.717) is 19.8 Å². The fourth-order valence-electron chi connectivity index (χ4n) is 1.56. The Morgan fingerprint density at radius 3 is 2.53 bits per heavy atom. The minimum absolute atomic E-state index is 0.0445. The normalized spacial score (nSPS) is 21.5. The van der Waals surface area contributed by atoms with Gasteiger partial charge in [-0.25, -0.2) is 13.1 Å². The quantitative estimate of drug-likeness (QED) is 0.687. The summed E-state index contributed by atoms with van der Waals surface area (Å²) in [5, 5.41) is 2.47. The number of sulfonamides is 1. The van der Waals surface area contributed by atoms with Crippen LogP contribution in [0.5, 0.6) is 0 Å². The Labute approximate surface area is 91.6 Å². The fourth-order valence-corrected chi connectivity index (χ4v) is 2.88. The van der Waals surface area contributed by atoms with Crippen LogP contribution in [0.2, 0.25) is 0 Å². The third kappa shape index (κ3) is 4.06. The molecule has 1 heterocycles. The third-order valence-corrected chi connectivity index (χ3v) is 4.46. The summed E-state index contributed by atoms with van der Waals surface area (Å²) in [5.74, 6) is 0. The Hall–Kier alpha value is -0.170. The summed E-state index contributed by atoms with van der Waals surface area (Å²) in [6, 6.07) is 0.0445.